The second-order valence-electron chi connectivity index (χ2n) is 5.02. The number of benzene rings is 2. The van der Waals surface area contributed by atoms with E-state index >= 15 is 0 Å². The van der Waals surface area contributed by atoms with E-state index in [1.807, 2.05) is 31.2 Å². The predicted octanol–water partition coefficient (Wildman–Crippen LogP) is 3.91. The Labute approximate surface area is 149 Å². The fourth-order valence-electron chi connectivity index (χ4n) is 2.01. The molecule has 0 saturated carbocycles. The third-order valence-corrected chi connectivity index (χ3v) is 4.04. The zero-order valence-electron chi connectivity index (χ0n) is 12.7. The lowest BCUT2D eigenvalue weighted by molar-refractivity contribution is -0.111. The van der Waals surface area contributed by atoms with Crippen molar-refractivity contribution in [1.82, 2.24) is 5.32 Å². The molecular formula is C18H17IN2O2. The van der Waals surface area contributed by atoms with Gasteiger partial charge in [-0.15, -0.1) is 0 Å². The van der Waals surface area contributed by atoms with Crippen LogP contribution in [0, 0.1) is 3.57 Å². The highest BCUT2D eigenvalue weighted by molar-refractivity contribution is 14.1. The van der Waals surface area contributed by atoms with Crippen molar-refractivity contribution >= 4 is 40.1 Å². The Bertz CT molecular complexity index is 709. The zero-order valence-corrected chi connectivity index (χ0v) is 14.8. The van der Waals surface area contributed by atoms with Crippen LogP contribution in [0.1, 0.15) is 28.9 Å². The first-order valence-corrected chi connectivity index (χ1v) is 8.17. The molecule has 5 heteroatoms. The van der Waals surface area contributed by atoms with Gasteiger partial charge in [0.15, 0.2) is 0 Å². The molecule has 2 aromatic rings. The van der Waals surface area contributed by atoms with Gasteiger partial charge in [0.2, 0.25) is 5.91 Å². The number of carbonyl (C=O) groups is 2. The summed E-state index contributed by atoms with van der Waals surface area (Å²) in [5.74, 6) is -0.438. The Morgan fingerprint density at radius 2 is 1.70 bits per heavy atom. The third kappa shape index (κ3) is 4.92. The third-order valence-electron chi connectivity index (χ3n) is 3.32. The van der Waals surface area contributed by atoms with Gasteiger partial charge in [-0.1, -0.05) is 18.7 Å². The Balaban J connectivity index is 2.01. The van der Waals surface area contributed by atoms with Crippen molar-refractivity contribution in [2.24, 2.45) is 0 Å². The molecule has 2 N–H and O–H groups in total. The lowest BCUT2D eigenvalue weighted by Gasteiger charge is -2.14. The van der Waals surface area contributed by atoms with Gasteiger partial charge in [-0.3, -0.25) is 9.59 Å². The second kappa shape index (κ2) is 7.92. The summed E-state index contributed by atoms with van der Waals surface area (Å²) in [4.78, 5) is 23.5. The van der Waals surface area contributed by atoms with E-state index in [0.717, 1.165) is 9.13 Å². The molecule has 0 fully saturated rings. The average Bonchev–Trinajstić information content (AvgIpc) is 2.55. The number of carbonyl (C=O) groups excluding carboxylic acids is 2. The number of anilines is 1. The van der Waals surface area contributed by atoms with E-state index in [9.17, 15) is 9.59 Å². The van der Waals surface area contributed by atoms with Crippen molar-refractivity contribution in [3.8, 4) is 0 Å². The molecule has 2 amide bonds. The first-order chi connectivity index (χ1) is 11.0. The van der Waals surface area contributed by atoms with Crippen LogP contribution in [0.4, 0.5) is 5.69 Å². The van der Waals surface area contributed by atoms with Gasteiger partial charge in [-0.05, 0) is 77.6 Å². The molecule has 0 saturated heterocycles. The minimum absolute atomic E-state index is 0.0837. The summed E-state index contributed by atoms with van der Waals surface area (Å²) in [6, 6.07) is 14.7. The van der Waals surface area contributed by atoms with E-state index in [2.05, 4.69) is 39.8 Å². The normalized spacial score (nSPS) is 11.4. The summed E-state index contributed by atoms with van der Waals surface area (Å²) in [6.07, 6.45) is 1.20. The van der Waals surface area contributed by atoms with E-state index in [-0.39, 0.29) is 17.9 Å². The SMILES string of the molecule is C=CC(=O)Nc1ccc(C(=O)N[C@@H](C)c2ccc(I)cc2)cc1. The maximum atomic E-state index is 12.3. The molecule has 0 spiro atoms. The number of hydrogen-bond donors (Lipinski definition) is 2. The van der Waals surface area contributed by atoms with E-state index in [0.29, 0.717) is 11.3 Å². The molecule has 2 rings (SSSR count). The molecule has 0 unspecified atom stereocenters. The van der Waals surface area contributed by atoms with Gasteiger partial charge in [0.05, 0.1) is 6.04 Å². The maximum Gasteiger partial charge on any atom is 0.251 e. The lowest BCUT2D eigenvalue weighted by atomic mass is 10.1. The van der Waals surface area contributed by atoms with Crippen LogP contribution in [-0.2, 0) is 4.79 Å². The van der Waals surface area contributed by atoms with Crippen LogP contribution < -0.4 is 10.6 Å². The molecule has 4 nitrogen and oxygen atoms in total. The second-order valence-corrected chi connectivity index (χ2v) is 6.26. The highest BCUT2D eigenvalue weighted by Crippen LogP contribution is 2.16. The lowest BCUT2D eigenvalue weighted by Crippen LogP contribution is -2.26. The molecule has 23 heavy (non-hydrogen) atoms. The Morgan fingerprint density at radius 1 is 1.09 bits per heavy atom. The number of amides is 2. The predicted molar refractivity (Wildman–Crippen MR) is 100 cm³/mol. The smallest absolute Gasteiger partial charge is 0.251 e. The van der Waals surface area contributed by atoms with Crippen LogP contribution in [0.15, 0.2) is 61.2 Å². The largest absolute Gasteiger partial charge is 0.346 e. The van der Waals surface area contributed by atoms with Crippen molar-refractivity contribution in [2.45, 2.75) is 13.0 Å². The zero-order chi connectivity index (χ0) is 16.8. The van der Waals surface area contributed by atoms with Crippen LogP contribution in [0.25, 0.3) is 0 Å². The van der Waals surface area contributed by atoms with Crippen LogP contribution >= 0.6 is 22.6 Å². The van der Waals surface area contributed by atoms with Crippen LogP contribution in [0.2, 0.25) is 0 Å². The molecule has 0 heterocycles. The number of nitrogens with one attached hydrogen (secondary N) is 2. The summed E-state index contributed by atoms with van der Waals surface area (Å²) in [5.41, 5.74) is 2.21. The van der Waals surface area contributed by atoms with Crippen molar-refractivity contribution in [2.75, 3.05) is 5.32 Å². The Hall–Kier alpha value is -2.15. The molecule has 0 aromatic heterocycles. The van der Waals surface area contributed by atoms with Crippen LogP contribution in [0.3, 0.4) is 0 Å². The van der Waals surface area contributed by atoms with Crippen LogP contribution in [-0.4, -0.2) is 11.8 Å². The molecule has 0 bridgehead atoms. The summed E-state index contributed by atoms with van der Waals surface area (Å²) >= 11 is 2.25. The highest BCUT2D eigenvalue weighted by atomic mass is 127. The summed E-state index contributed by atoms with van der Waals surface area (Å²) in [6.45, 7) is 5.34. The van der Waals surface area contributed by atoms with Crippen LogP contribution in [0.5, 0.6) is 0 Å². The molecule has 1 atom stereocenters. The monoisotopic (exact) mass is 420 g/mol. The standard InChI is InChI=1S/C18H17IN2O2/c1-3-17(22)21-16-10-6-14(7-11-16)18(23)20-12(2)13-4-8-15(19)9-5-13/h3-12H,1H2,2H3,(H,20,23)(H,21,22)/t12-/m0/s1. The number of rotatable bonds is 5. The van der Waals surface area contributed by atoms with Crippen molar-refractivity contribution < 1.29 is 9.59 Å². The van der Waals surface area contributed by atoms with Gasteiger partial charge in [0, 0.05) is 14.8 Å². The quantitative estimate of drug-likeness (QED) is 0.570. The summed E-state index contributed by atoms with van der Waals surface area (Å²) < 4.78 is 1.15. The average molecular weight is 420 g/mol. The topological polar surface area (TPSA) is 58.2 Å². The van der Waals surface area contributed by atoms with Gasteiger partial charge in [0.25, 0.3) is 5.91 Å². The fraction of sp³-hybridized carbons (Fsp3) is 0.111. The number of halogens is 1. The Morgan fingerprint density at radius 3 is 2.26 bits per heavy atom. The first-order valence-electron chi connectivity index (χ1n) is 7.09. The first kappa shape index (κ1) is 17.2. The minimum Gasteiger partial charge on any atom is -0.346 e. The highest BCUT2D eigenvalue weighted by Gasteiger charge is 2.11. The summed E-state index contributed by atoms with van der Waals surface area (Å²) in [5, 5.41) is 5.60. The minimum atomic E-state index is -0.283. The van der Waals surface area contributed by atoms with Gasteiger partial charge in [0.1, 0.15) is 0 Å². The molecule has 0 aliphatic rings. The number of hydrogen-bond acceptors (Lipinski definition) is 2. The fourth-order valence-corrected chi connectivity index (χ4v) is 2.37. The molecule has 2 aromatic carbocycles. The van der Waals surface area contributed by atoms with E-state index in [1.54, 1.807) is 24.3 Å². The molecular weight excluding hydrogens is 403 g/mol. The van der Waals surface area contributed by atoms with Crippen molar-refractivity contribution in [1.29, 1.82) is 0 Å². The van der Waals surface area contributed by atoms with E-state index in [1.165, 1.54) is 6.08 Å². The molecule has 0 radical (unpaired) electrons. The van der Waals surface area contributed by atoms with Crippen molar-refractivity contribution in [3.05, 3.63) is 75.9 Å². The molecule has 0 aliphatic carbocycles. The van der Waals surface area contributed by atoms with Gasteiger partial charge < -0.3 is 10.6 Å². The summed E-state index contributed by atoms with van der Waals surface area (Å²) in [7, 11) is 0. The van der Waals surface area contributed by atoms with Gasteiger partial charge in [-0.25, -0.2) is 0 Å². The van der Waals surface area contributed by atoms with E-state index < -0.39 is 0 Å². The maximum absolute atomic E-state index is 12.3. The Kier molecular flexibility index (Phi) is 5.92. The van der Waals surface area contributed by atoms with Gasteiger partial charge >= 0.3 is 0 Å². The van der Waals surface area contributed by atoms with Crippen molar-refractivity contribution in [3.63, 3.8) is 0 Å². The van der Waals surface area contributed by atoms with E-state index in [4.69, 9.17) is 0 Å². The van der Waals surface area contributed by atoms with Gasteiger partial charge in [-0.2, -0.15) is 0 Å². The molecule has 0 aliphatic heterocycles. The molecule has 118 valence electrons.